The van der Waals surface area contributed by atoms with Gasteiger partial charge in [-0.25, -0.2) is 30.1 Å². The summed E-state index contributed by atoms with van der Waals surface area (Å²) in [7, 11) is -5.31. The molecule has 17 heteroatoms. The van der Waals surface area contributed by atoms with Crippen molar-refractivity contribution in [3.05, 3.63) is 76.1 Å². The molecule has 0 amide bonds. The second kappa shape index (κ2) is 13.7. The zero-order valence-electron chi connectivity index (χ0n) is 25.6. The molecule has 0 fully saturated rings. The van der Waals surface area contributed by atoms with E-state index in [9.17, 15) is 34.6 Å². The number of nitrogens with zero attached hydrogens (tertiary/aromatic N) is 4. The van der Waals surface area contributed by atoms with Gasteiger partial charge in [0, 0.05) is 36.0 Å². The fraction of sp³-hybridized carbons (Fsp3) is 0.333. The standard InChI is InChI=1S/C30H29ClF5N5O3S3/c1-29(2,47(5,43)44)11-10-20-6-7-21(26(38-20)24(37)14-17-12-18(32)15-19(33)13-17)22-8-9-23(31)25-27(22)40(16-30(34,35)36)39-28(25)41(45-3)46(4)42/h6-9,12-13,15,24H,14,16,37H2,1-5H3. The summed E-state index contributed by atoms with van der Waals surface area (Å²) in [5, 5.41) is 4.31. The van der Waals surface area contributed by atoms with Gasteiger partial charge >= 0.3 is 6.18 Å². The van der Waals surface area contributed by atoms with Crippen LogP contribution in [0.25, 0.3) is 22.0 Å². The van der Waals surface area contributed by atoms with Crippen LogP contribution in [0.3, 0.4) is 0 Å². The Hall–Kier alpha value is -3.23. The zero-order valence-corrected chi connectivity index (χ0v) is 28.8. The molecule has 2 atom stereocenters. The molecule has 47 heavy (non-hydrogen) atoms. The third kappa shape index (κ3) is 8.26. The Morgan fingerprint density at radius 2 is 1.72 bits per heavy atom. The molecule has 0 aliphatic rings. The van der Waals surface area contributed by atoms with Crippen LogP contribution in [0.1, 0.15) is 36.8 Å². The summed E-state index contributed by atoms with van der Waals surface area (Å²) in [6.07, 6.45) is -0.900. The third-order valence-corrected chi connectivity index (χ3v) is 11.6. The Labute approximate surface area is 280 Å². The van der Waals surface area contributed by atoms with Crippen molar-refractivity contribution in [1.29, 1.82) is 0 Å². The van der Waals surface area contributed by atoms with E-state index >= 15 is 0 Å². The van der Waals surface area contributed by atoms with E-state index < -0.39 is 56.0 Å². The number of alkyl halides is 3. The maximum Gasteiger partial charge on any atom is 0.408 e. The number of pyridine rings is 1. The summed E-state index contributed by atoms with van der Waals surface area (Å²) >= 11 is 7.53. The molecule has 2 aromatic carbocycles. The van der Waals surface area contributed by atoms with Gasteiger partial charge in [-0.05, 0) is 74.0 Å². The van der Waals surface area contributed by atoms with E-state index in [-0.39, 0.29) is 56.2 Å². The first-order valence-corrected chi connectivity index (χ1v) is 18.6. The number of halogens is 6. The molecule has 0 aliphatic heterocycles. The van der Waals surface area contributed by atoms with Crippen molar-refractivity contribution in [2.45, 2.75) is 43.8 Å². The minimum Gasteiger partial charge on any atom is -0.322 e. The molecule has 2 aromatic heterocycles. The second-order valence-electron chi connectivity index (χ2n) is 11.0. The van der Waals surface area contributed by atoms with Crippen molar-refractivity contribution in [2.75, 3.05) is 22.5 Å². The Morgan fingerprint density at radius 3 is 2.28 bits per heavy atom. The van der Waals surface area contributed by atoms with Gasteiger partial charge in [-0.15, -0.1) is 0 Å². The van der Waals surface area contributed by atoms with Crippen molar-refractivity contribution >= 4 is 61.1 Å². The molecular weight excluding hydrogens is 705 g/mol. The van der Waals surface area contributed by atoms with E-state index in [0.717, 1.165) is 30.3 Å². The van der Waals surface area contributed by atoms with Crippen LogP contribution < -0.4 is 9.44 Å². The van der Waals surface area contributed by atoms with Crippen LogP contribution in [0.5, 0.6) is 0 Å². The number of nitrogens with two attached hydrogens (primary N) is 1. The predicted molar refractivity (Wildman–Crippen MR) is 177 cm³/mol. The van der Waals surface area contributed by atoms with Gasteiger partial charge in [-0.2, -0.15) is 18.3 Å². The number of rotatable bonds is 9. The minimum atomic E-state index is -4.71. The highest BCUT2D eigenvalue weighted by molar-refractivity contribution is 8.11. The molecule has 4 rings (SSSR count). The molecule has 0 spiro atoms. The van der Waals surface area contributed by atoms with Crippen LogP contribution in [0.2, 0.25) is 5.02 Å². The average molecular weight is 734 g/mol. The molecule has 252 valence electrons. The van der Waals surface area contributed by atoms with E-state index in [4.69, 9.17) is 17.3 Å². The lowest BCUT2D eigenvalue weighted by Gasteiger charge is -2.19. The Balaban J connectivity index is 2.03. The molecule has 0 saturated carbocycles. The molecule has 2 unspecified atom stereocenters. The maximum atomic E-state index is 14.0. The van der Waals surface area contributed by atoms with Crippen LogP contribution in [0.15, 0.2) is 42.5 Å². The van der Waals surface area contributed by atoms with Crippen molar-refractivity contribution < 1.29 is 34.6 Å². The monoisotopic (exact) mass is 733 g/mol. The molecule has 0 radical (unpaired) electrons. The smallest absolute Gasteiger partial charge is 0.322 e. The molecule has 2 N–H and O–H groups in total. The number of hydrogen-bond acceptors (Lipinski definition) is 7. The van der Waals surface area contributed by atoms with Gasteiger partial charge < -0.3 is 5.73 Å². The van der Waals surface area contributed by atoms with Gasteiger partial charge in [-0.3, -0.25) is 4.68 Å². The normalized spacial score (nSPS) is 13.7. The Bertz CT molecular complexity index is 2020. The quantitative estimate of drug-likeness (QED) is 0.121. The lowest BCUT2D eigenvalue weighted by atomic mass is 9.94. The van der Waals surface area contributed by atoms with Crippen LogP contribution in [-0.2, 0) is 33.8 Å². The third-order valence-electron chi connectivity index (χ3n) is 7.09. The second-order valence-corrected chi connectivity index (χ2v) is 16.2. The van der Waals surface area contributed by atoms with Crippen molar-refractivity contribution in [1.82, 2.24) is 14.8 Å². The molecule has 2 heterocycles. The summed E-state index contributed by atoms with van der Waals surface area (Å²) in [6, 6.07) is 7.65. The summed E-state index contributed by atoms with van der Waals surface area (Å²) < 4.78 is 107. The van der Waals surface area contributed by atoms with Crippen LogP contribution >= 0.6 is 23.5 Å². The molecule has 0 saturated heterocycles. The van der Waals surface area contributed by atoms with Gasteiger partial charge in [0.05, 0.1) is 27.7 Å². The van der Waals surface area contributed by atoms with Gasteiger partial charge in [0.25, 0.3) is 0 Å². The lowest BCUT2D eigenvalue weighted by molar-refractivity contribution is -0.141. The van der Waals surface area contributed by atoms with Crippen molar-refractivity contribution in [2.24, 2.45) is 5.73 Å². The molecule has 4 aromatic rings. The Morgan fingerprint density at radius 1 is 1.11 bits per heavy atom. The van der Waals surface area contributed by atoms with Gasteiger partial charge in [0.2, 0.25) is 0 Å². The van der Waals surface area contributed by atoms with Gasteiger partial charge in [0.1, 0.15) is 39.6 Å². The highest BCUT2D eigenvalue weighted by Crippen LogP contribution is 2.42. The number of sulfone groups is 1. The number of anilines is 1. The SMILES string of the molecule is CSN(c1nn(CC(F)(F)F)c2c(-c3ccc(C#CC(C)(C)S(C)(=O)=O)nc3C(N)Cc3cc(F)cc(F)c3)ccc(Cl)c12)S(C)=O. The fourth-order valence-electron chi connectivity index (χ4n) is 4.65. The summed E-state index contributed by atoms with van der Waals surface area (Å²) in [5.41, 5.74) is 7.29. The first kappa shape index (κ1) is 36.6. The molecular formula is C30H29ClF5N5O3S3. The topological polar surface area (TPSA) is 111 Å². The maximum absolute atomic E-state index is 14.0. The first-order chi connectivity index (χ1) is 21.7. The number of aromatic nitrogens is 3. The molecule has 8 nitrogen and oxygen atoms in total. The lowest BCUT2D eigenvalue weighted by Crippen LogP contribution is -2.28. The van der Waals surface area contributed by atoms with E-state index in [1.165, 1.54) is 48.1 Å². The number of fused-ring (bicyclic) bond motifs is 1. The number of hydrogen-bond donors (Lipinski definition) is 1. The fourth-order valence-corrected chi connectivity index (χ4v) is 6.63. The van der Waals surface area contributed by atoms with Crippen molar-refractivity contribution in [3.63, 3.8) is 0 Å². The van der Waals surface area contributed by atoms with Gasteiger partial charge in [0.15, 0.2) is 15.7 Å². The van der Waals surface area contributed by atoms with Crippen LogP contribution in [-0.4, -0.2) is 57.1 Å². The first-order valence-electron chi connectivity index (χ1n) is 13.6. The van der Waals surface area contributed by atoms with Crippen LogP contribution in [0, 0.1) is 23.5 Å². The largest absolute Gasteiger partial charge is 0.408 e. The zero-order chi connectivity index (χ0) is 35.1. The van der Waals surface area contributed by atoms with E-state index in [0.29, 0.717) is 10.7 Å². The predicted octanol–water partition coefficient (Wildman–Crippen LogP) is 6.39. The summed E-state index contributed by atoms with van der Waals surface area (Å²) in [4.78, 5) is 4.57. The highest BCUT2D eigenvalue weighted by Gasteiger charge is 2.33. The summed E-state index contributed by atoms with van der Waals surface area (Å²) in [6.45, 7) is 1.32. The van der Waals surface area contributed by atoms with Crippen LogP contribution in [0.4, 0.5) is 27.8 Å². The molecule has 0 bridgehead atoms. The van der Waals surface area contributed by atoms with E-state index in [1.807, 2.05) is 0 Å². The van der Waals surface area contributed by atoms with Gasteiger partial charge in [-0.1, -0.05) is 23.6 Å². The minimum absolute atomic E-state index is 0.0382. The molecule has 0 aliphatic carbocycles. The van der Waals surface area contributed by atoms with Crippen molar-refractivity contribution in [3.8, 4) is 23.0 Å². The van der Waals surface area contributed by atoms with E-state index in [2.05, 4.69) is 21.9 Å². The average Bonchev–Trinajstić information content (AvgIpc) is 3.29. The highest BCUT2D eigenvalue weighted by atomic mass is 35.5. The Kier molecular flexibility index (Phi) is 10.7. The van der Waals surface area contributed by atoms with E-state index in [1.54, 1.807) is 6.26 Å². The number of benzene rings is 2. The summed E-state index contributed by atoms with van der Waals surface area (Å²) in [5.74, 6) is 3.67.